The zero-order valence-corrected chi connectivity index (χ0v) is 8.82. The molecule has 0 spiro atoms. The molecule has 1 aromatic carbocycles. The average molecular weight is 205 g/mol. The van der Waals surface area contributed by atoms with Crippen molar-refractivity contribution in [2.24, 2.45) is 5.73 Å². The van der Waals surface area contributed by atoms with Gasteiger partial charge in [-0.2, -0.15) is 0 Å². The summed E-state index contributed by atoms with van der Waals surface area (Å²) in [6.45, 7) is 2.70. The summed E-state index contributed by atoms with van der Waals surface area (Å²) in [6, 6.07) is 6.10. The van der Waals surface area contributed by atoms with Crippen molar-refractivity contribution in [3.05, 3.63) is 29.3 Å². The van der Waals surface area contributed by atoms with E-state index in [1.807, 2.05) is 25.1 Å². The Hall–Kier alpha value is -1.51. The zero-order valence-electron chi connectivity index (χ0n) is 8.82. The number of hydrogen-bond donors (Lipinski definition) is 1. The highest BCUT2D eigenvalue weighted by atomic mass is 16.5. The van der Waals surface area contributed by atoms with E-state index in [1.54, 1.807) is 0 Å². The minimum atomic E-state index is -0.242. The molecule has 1 aromatic rings. The van der Waals surface area contributed by atoms with Gasteiger partial charge in [-0.05, 0) is 36.5 Å². The second-order valence-electron chi connectivity index (χ2n) is 4.05. The number of carbonyl (C=O) groups is 1. The van der Waals surface area contributed by atoms with Crippen LogP contribution in [0.4, 0.5) is 0 Å². The van der Waals surface area contributed by atoms with E-state index in [2.05, 4.69) is 0 Å². The number of aryl methyl sites for hydroxylation is 1. The van der Waals surface area contributed by atoms with Gasteiger partial charge < -0.3 is 10.5 Å². The number of rotatable bonds is 2. The van der Waals surface area contributed by atoms with Crippen molar-refractivity contribution >= 4 is 5.91 Å². The molecule has 2 N–H and O–H groups in total. The Kier molecular flexibility index (Phi) is 2.62. The van der Waals surface area contributed by atoms with Gasteiger partial charge in [0.2, 0.25) is 5.91 Å². The van der Waals surface area contributed by atoms with Gasteiger partial charge in [-0.3, -0.25) is 4.79 Å². The summed E-state index contributed by atoms with van der Waals surface area (Å²) in [5, 5.41) is 0. The Balaban J connectivity index is 2.30. The molecule has 0 aromatic heterocycles. The number of ether oxygens (including phenoxy) is 1. The maximum Gasteiger partial charge on any atom is 0.218 e. The summed E-state index contributed by atoms with van der Waals surface area (Å²) in [7, 11) is 0. The largest absolute Gasteiger partial charge is 0.493 e. The van der Waals surface area contributed by atoms with E-state index in [1.165, 1.54) is 5.56 Å². The van der Waals surface area contributed by atoms with Gasteiger partial charge in [-0.25, -0.2) is 0 Å². The first-order chi connectivity index (χ1) is 7.16. The van der Waals surface area contributed by atoms with Crippen LogP contribution in [0.25, 0.3) is 0 Å². The molecule has 0 fully saturated rings. The molecule has 15 heavy (non-hydrogen) atoms. The maximum absolute atomic E-state index is 10.9. The van der Waals surface area contributed by atoms with Crippen LogP contribution < -0.4 is 10.5 Å². The third-order valence-corrected chi connectivity index (χ3v) is 2.78. The molecule has 2 rings (SSSR count). The molecule has 1 unspecified atom stereocenters. The highest BCUT2D eigenvalue weighted by molar-refractivity contribution is 5.75. The fraction of sp³-hybridized carbons (Fsp3) is 0.417. The first-order valence-electron chi connectivity index (χ1n) is 5.18. The van der Waals surface area contributed by atoms with Gasteiger partial charge in [0.15, 0.2) is 0 Å². The SMILES string of the molecule is Cc1ccc2c(c1)OCCC2CC(N)=O. The molecule has 1 atom stereocenters. The highest BCUT2D eigenvalue weighted by Gasteiger charge is 2.22. The van der Waals surface area contributed by atoms with E-state index in [0.717, 1.165) is 17.7 Å². The number of carbonyl (C=O) groups excluding carboxylic acids is 1. The topological polar surface area (TPSA) is 52.3 Å². The summed E-state index contributed by atoms with van der Waals surface area (Å²) in [5.41, 5.74) is 7.52. The lowest BCUT2D eigenvalue weighted by Crippen LogP contribution is -2.20. The van der Waals surface area contributed by atoms with Crippen LogP contribution in [0.15, 0.2) is 18.2 Å². The minimum absolute atomic E-state index is 0.229. The lowest BCUT2D eigenvalue weighted by molar-refractivity contribution is -0.118. The van der Waals surface area contributed by atoms with Gasteiger partial charge in [0.05, 0.1) is 6.61 Å². The van der Waals surface area contributed by atoms with Crippen molar-refractivity contribution in [2.45, 2.75) is 25.7 Å². The molecular formula is C12H15NO2. The standard InChI is InChI=1S/C12H15NO2/c1-8-2-3-10-9(7-12(13)14)4-5-15-11(10)6-8/h2-3,6,9H,4-5,7H2,1H3,(H2,13,14). The van der Waals surface area contributed by atoms with Crippen LogP contribution in [0.1, 0.15) is 29.9 Å². The number of benzene rings is 1. The molecule has 1 aliphatic rings. The van der Waals surface area contributed by atoms with Crippen LogP contribution in [0.2, 0.25) is 0 Å². The number of fused-ring (bicyclic) bond motifs is 1. The lowest BCUT2D eigenvalue weighted by atomic mass is 9.89. The van der Waals surface area contributed by atoms with E-state index in [-0.39, 0.29) is 11.8 Å². The number of nitrogens with two attached hydrogens (primary N) is 1. The van der Waals surface area contributed by atoms with Crippen molar-refractivity contribution in [2.75, 3.05) is 6.61 Å². The molecule has 0 saturated heterocycles. The van der Waals surface area contributed by atoms with Gasteiger partial charge in [0.1, 0.15) is 5.75 Å². The summed E-state index contributed by atoms with van der Waals surface area (Å²) in [4.78, 5) is 10.9. The van der Waals surface area contributed by atoms with Gasteiger partial charge in [-0.15, -0.1) is 0 Å². The molecule has 0 bridgehead atoms. The van der Waals surface area contributed by atoms with E-state index < -0.39 is 0 Å². The normalized spacial score (nSPS) is 19.1. The van der Waals surface area contributed by atoms with Crippen LogP contribution in [0.3, 0.4) is 0 Å². The lowest BCUT2D eigenvalue weighted by Gasteiger charge is -2.25. The second kappa shape index (κ2) is 3.93. The van der Waals surface area contributed by atoms with Crippen LogP contribution in [-0.2, 0) is 4.79 Å². The molecule has 1 amide bonds. The van der Waals surface area contributed by atoms with Gasteiger partial charge >= 0.3 is 0 Å². The molecule has 3 heteroatoms. The van der Waals surface area contributed by atoms with Crippen molar-refractivity contribution < 1.29 is 9.53 Å². The molecule has 1 heterocycles. The Bertz CT molecular complexity index is 387. The van der Waals surface area contributed by atoms with Crippen molar-refractivity contribution in [3.63, 3.8) is 0 Å². The van der Waals surface area contributed by atoms with Crippen molar-refractivity contribution in [3.8, 4) is 5.75 Å². The average Bonchev–Trinajstić information content (AvgIpc) is 2.16. The highest BCUT2D eigenvalue weighted by Crippen LogP contribution is 2.35. The molecule has 1 aliphatic heterocycles. The van der Waals surface area contributed by atoms with Crippen molar-refractivity contribution in [1.82, 2.24) is 0 Å². The van der Waals surface area contributed by atoms with Gasteiger partial charge in [0, 0.05) is 6.42 Å². The summed E-state index contributed by atoms with van der Waals surface area (Å²) >= 11 is 0. The van der Waals surface area contributed by atoms with Crippen LogP contribution >= 0.6 is 0 Å². The second-order valence-corrected chi connectivity index (χ2v) is 4.05. The number of hydrogen-bond acceptors (Lipinski definition) is 2. The summed E-state index contributed by atoms with van der Waals surface area (Å²) in [6.07, 6.45) is 1.29. The number of amides is 1. The molecule has 80 valence electrons. The Morgan fingerprint density at radius 1 is 1.60 bits per heavy atom. The first-order valence-corrected chi connectivity index (χ1v) is 5.18. The Morgan fingerprint density at radius 3 is 3.13 bits per heavy atom. The third kappa shape index (κ3) is 2.12. The predicted molar refractivity (Wildman–Crippen MR) is 57.8 cm³/mol. The van der Waals surface area contributed by atoms with Crippen molar-refractivity contribution in [1.29, 1.82) is 0 Å². The van der Waals surface area contributed by atoms with Crippen LogP contribution in [0.5, 0.6) is 5.75 Å². The Labute approximate surface area is 89.2 Å². The monoisotopic (exact) mass is 205 g/mol. The van der Waals surface area contributed by atoms with E-state index in [9.17, 15) is 4.79 Å². The molecule has 0 aliphatic carbocycles. The predicted octanol–water partition coefficient (Wildman–Crippen LogP) is 1.74. The fourth-order valence-corrected chi connectivity index (χ4v) is 2.03. The van der Waals surface area contributed by atoms with Gasteiger partial charge in [-0.1, -0.05) is 12.1 Å². The van der Waals surface area contributed by atoms with E-state index in [4.69, 9.17) is 10.5 Å². The Morgan fingerprint density at radius 2 is 2.40 bits per heavy atom. The maximum atomic E-state index is 10.9. The molecule has 0 radical (unpaired) electrons. The molecular weight excluding hydrogens is 190 g/mol. The fourth-order valence-electron chi connectivity index (χ4n) is 2.03. The van der Waals surface area contributed by atoms with E-state index >= 15 is 0 Å². The van der Waals surface area contributed by atoms with Crippen LogP contribution in [-0.4, -0.2) is 12.5 Å². The first kappa shape index (κ1) is 10.0. The summed E-state index contributed by atoms with van der Waals surface area (Å²) < 4.78 is 5.56. The third-order valence-electron chi connectivity index (χ3n) is 2.78. The number of primary amides is 1. The minimum Gasteiger partial charge on any atom is -0.493 e. The van der Waals surface area contributed by atoms with Crippen LogP contribution in [0, 0.1) is 6.92 Å². The molecule has 3 nitrogen and oxygen atoms in total. The zero-order chi connectivity index (χ0) is 10.8. The molecule has 0 saturated carbocycles. The van der Waals surface area contributed by atoms with Gasteiger partial charge in [0.25, 0.3) is 0 Å². The summed E-state index contributed by atoms with van der Waals surface area (Å²) in [5.74, 6) is 0.896. The smallest absolute Gasteiger partial charge is 0.218 e. The quantitative estimate of drug-likeness (QED) is 0.799. The van der Waals surface area contributed by atoms with E-state index in [0.29, 0.717) is 13.0 Å².